The minimum Gasteiger partial charge on any atom is -0.394 e. The normalized spacial score (nSPS) is 59.0. The molecule has 8 N–H and O–H groups in total. The zero-order valence-corrected chi connectivity index (χ0v) is 11.8. The van der Waals surface area contributed by atoms with Gasteiger partial charge in [0.2, 0.25) is 0 Å². The summed E-state index contributed by atoms with van der Waals surface area (Å²) in [6, 6.07) is 0. The molecule has 3 aliphatic rings. The Labute approximate surface area is 129 Å². The quantitative estimate of drug-likeness (QED) is 0.243. The van der Waals surface area contributed by atoms with Crippen molar-refractivity contribution in [2.24, 2.45) is 0 Å². The first-order valence-electron chi connectivity index (χ1n) is 7.07. The Kier molecular flexibility index (Phi) is 4.19. The molecule has 0 amide bonds. The lowest BCUT2D eigenvalue weighted by molar-refractivity contribution is -0.538. The molecule has 134 valence electrons. The third-order valence-electron chi connectivity index (χ3n) is 4.92. The minimum atomic E-state index is -2.13. The van der Waals surface area contributed by atoms with Crippen LogP contribution in [-0.2, 0) is 14.2 Å². The van der Waals surface area contributed by atoms with Gasteiger partial charge < -0.3 is 55.1 Å². The fraction of sp³-hybridized carbons (Fsp3) is 1.00. The molecule has 2 saturated heterocycles. The molecule has 0 bridgehead atoms. The zero-order valence-electron chi connectivity index (χ0n) is 11.8. The van der Waals surface area contributed by atoms with Crippen LogP contribution in [0.3, 0.4) is 0 Å². The van der Waals surface area contributed by atoms with Crippen LogP contribution in [0.5, 0.6) is 0 Å². The van der Waals surface area contributed by atoms with E-state index < -0.39 is 73.6 Å². The van der Waals surface area contributed by atoms with Gasteiger partial charge in [0.15, 0.2) is 23.8 Å². The molecule has 3 fully saturated rings. The lowest BCUT2D eigenvalue weighted by atomic mass is 9.56. The highest BCUT2D eigenvalue weighted by atomic mass is 16.8. The first kappa shape index (κ1) is 17.4. The first-order valence-corrected chi connectivity index (χ1v) is 7.07. The van der Waals surface area contributed by atoms with E-state index in [4.69, 9.17) is 19.3 Å². The summed E-state index contributed by atoms with van der Waals surface area (Å²) in [6.07, 6.45) is -12.5. The van der Waals surface area contributed by atoms with Crippen LogP contribution >= 0.6 is 0 Å². The highest BCUT2D eigenvalue weighted by Crippen LogP contribution is 2.58. The van der Waals surface area contributed by atoms with E-state index in [2.05, 4.69) is 0 Å². The van der Waals surface area contributed by atoms with Gasteiger partial charge >= 0.3 is 0 Å². The maximum Gasteiger partial charge on any atom is 0.196 e. The van der Waals surface area contributed by atoms with E-state index in [0.717, 1.165) is 0 Å². The highest BCUT2D eigenvalue weighted by Gasteiger charge is 2.85. The Hall–Kier alpha value is -0.440. The van der Waals surface area contributed by atoms with Gasteiger partial charge in [-0.1, -0.05) is 0 Å². The monoisotopic (exact) mass is 340 g/mol. The van der Waals surface area contributed by atoms with Crippen molar-refractivity contribution in [2.45, 2.75) is 60.4 Å². The Morgan fingerprint density at radius 3 is 2.13 bits per heavy atom. The third kappa shape index (κ3) is 1.98. The van der Waals surface area contributed by atoms with Crippen LogP contribution < -0.4 is 0 Å². The van der Waals surface area contributed by atoms with Gasteiger partial charge in [0, 0.05) is 0 Å². The van der Waals surface area contributed by atoms with Crippen molar-refractivity contribution >= 4 is 0 Å². The number of aliphatic hydroxyl groups is 8. The second kappa shape index (κ2) is 5.54. The third-order valence-corrected chi connectivity index (χ3v) is 4.92. The lowest BCUT2D eigenvalue weighted by Crippen LogP contribution is -2.96. The summed E-state index contributed by atoms with van der Waals surface area (Å²) in [6.45, 7) is -1.45. The molecule has 1 aliphatic carbocycles. The van der Waals surface area contributed by atoms with Gasteiger partial charge in [-0.15, -0.1) is 0 Å². The fourth-order valence-corrected chi connectivity index (χ4v) is 3.30. The fourth-order valence-electron chi connectivity index (χ4n) is 3.30. The van der Waals surface area contributed by atoms with E-state index in [1.165, 1.54) is 0 Å². The Balaban J connectivity index is 1.71. The van der Waals surface area contributed by atoms with Crippen molar-refractivity contribution in [3.8, 4) is 0 Å². The largest absolute Gasteiger partial charge is 0.394 e. The molecule has 6 unspecified atom stereocenters. The molecular weight excluding hydrogens is 320 g/mol. The molecule has 11 nitrogen and oxygen atoms in total. The van der Waals surface area contributed by atoms with Crippen LogP contribution in [0.2, 0.25) is 0 Å². The van der Waals surface area contributed by atoms with Crippen LogP contribution in [-0.4, -0.2) is 114 Å². The molecule has 1 saturated carbocycles. The average Bonchev–Trinajstić information content (AvgIpc) is 2.55. The predicted molar refractivity (Wildman–Crippen MR) is 66.5 cm³/mol. The molecule has 0 aromatic rings. The predicted octanol–water partition coefficient (Wildman–Crippen LogP) is -5.64. The van der Waals surface area contributed by atoms with E-state index in [-0.39, 0.29) is 0 Å². The van der Waals surface area contributed by atoms with Crippen LogP contribution in [0.4, 0.5) is 0 Å². The van der Waals surface area contributed by atoms with Gasteiger partial charge in [0.25, 0.3) is 0 Å². The van der Waals surface area contributed by atoms with Crippen molar-refractivity contribution in [3.63, 3.8) is 0 Å². The lowest BCUT2D eigenvalue weighted by Gasteiger charge is -2.71. The Morgan fingerprint density at radius 2 is 1.57 bits per heavy atom. The topological polar surface area (TPSA) is 190 Å². The van der Waals surface area contributed by atoms with Gasteiger partial charge in [-0.25, -0.2) is 0 Å². The van der Waals surface area contributed by atoms with Gasteiger partial charge in [-0.3, -0.25) is 0 Å². The molecule has 23 heavy (non-hydrogen) atoms. The summed E-state index contributed by atoms with van der Waals surface area (Å²) < 4.78 is 15.4. The summed E-state index contributed by atoms with van der Waals surface area (Å²) in [5.74, 6) is 0. The summed E-state index contributed by atoms with van der Waals surface area (Å²) >= 11 is 0. The standard InChI is InChI=1S/C12H20O11/c13-1-3-4(15)5(16)6(17)9(21-3)22-10-12(20)8(19)7(18)11(12,2-14)23-10/h3-10,13-20H,1-2H2/t3?,4-,5?,6?,7+,8?,9-,10+,11?,12?/m1/s1. The molecule has 3 rings (SSSR count). The maximum atomic E-state index is 10.4. The number of ether oxygens (including phenoxy) is 3. The second-order valence-electron chi connectivity index (χ2n) is 6.05. The Morgan fingerprint density at radius 1 is 0.913 bits per heavy atom. The van der Waals surface area contributed by atoms with Crippen molar-refractivity contribution in [1.29, 1.82) is 0 Å². The molecule has 10 atom stereocenters. The van der Waals surface area contributed by atoms with Crippen molar-refractivity contribution in [2.75, 3.05) is 13.2 Å². The van der Waals surface area contributed by atoms with Gasteiger partial charge in [-0.2, -0.15) is 0 Å². The number of aliphatic hydroxyl groups excluding tert-OH is 7. The first-order chi connectivity index (χ1) is 10.7. The average molecular weight is 340 g/mol. The second-order valence-corrected chi connectivity index (χ2v) is 6.05. The maximum absolute atomic E-state index is 10.4. The number of hydrogen-bond donors (Lipinski definition) is 8. The molecule has 0 radical (unpaired) electrons. The summed E-state index contributed by atoms with van der Waals surface area (Å²) in [5, 5.41) is 77.2. The van der Waals surface area contributed by atoms with Crippen LogP contribution in [0.1, 0.15) is 0 Å². The molecule has 2 aliphatic heterocycles. The SMILES string of the molecule is OCC1O[C@H](O[C@H]2OC3(CO)[C@@H](O)C(O)C23O)C(O)C(O)[C@@H]1O. The van der Waals surface area contributed by atoms with Gasteiger partial charge in [0.1, 0.15) is 36.6 Å². The molecule has 11 heteroatoms. The van der Waals surface area contributed by atoms with Crippen LogP contribution in [0.25, 0.3) is 0 Å². The summed E-state index contributed by atoms with van der Waals surface area (Å²) in [5.41, 5.74) is -3.93. The molecular formula is C12H20O11. The zero-order chi connectivity index (χ0) is 17.2. The molecule has 0 aromatic heterocycles. The van der Waals surface area contributed by atoms with Gasteiger partial charge in [0.05, 0.1) is 13.2 Å². The number of rotatable bonds is 4. The van der Waals surface area contributed by atoms with E-state index in [1.54, 1.807) is 0 Å². The molecule has 0 spiro atoms. The van der Waals surface area contributed by atoms with Crippen LogP contribution in [0, 0.1) is 0 Å². The minimum absolute atomic E-state index is 0.664. The van der Waals surface area contributed by atoms with Crippen molar-refractivity contribution in [3.05, 3.63) is 0 Å². The number of fused-ring (bicyclic) bond motifs is 1. The molecule has 0 aromatic carbocycles. The smallest absolute Gasteiger partial charge is 0.196 e. The summed E-state index contributed by atoms with van der Waals surface area (Å²) in [7, 11) is 0. The van der Waals surface area contributed by atoms with Crippen LogP contribution in [0.15, 0.2) is 0 Å². The van der Waals surface area contributed by atoms with E-state index in [1.807, 2.05) is 0 Å². The van der Waals surface area contributed by atoms with E-state index >= 15 is 0 Å². The number of hydrogen-bond acceptors (Lipinski definition) is 11. The van der Waals surface area contributed by atoms with Crippen molar-refractivity contribution < 1.29 is 55.1 Å². The van der Waals surface area contributed by atoms with Gasteiger partial charge in [-0.05, 0) is 0 Å². The molecule has 2 heterocycles. The highest BCUT2D eigenvalue weighted by molar-refractivity contribution is 5.30. The van der Waals surface area contributed by atoms with E-state index in [9.17, 15) is 35.7 Å². The van der Waals surface area contributed by atoms with Crippen molar-refractivity contribution in [1.82, 2.24) is 0 Å². The Bertz CT molecular complexity index is 454. The van der Waals surface area contributed by atoms with E-state index in [0.29, 0.717) is 0 Å². The summed E-state index contributed by atoms with van der Waals surface area (Å²) in [4.78, 5) is 0.